The number of fused-ring (bicyclic) bond motifs is 1. The van der Waals surface area contributed by atoms with Gasteiger partial charge in [0.15, 0.2) is 0 Å². The molecule has 2 aromatic carbocycles. The van der Waals surface area contributed by atoms with Gasteiger partial charge in [-0.3, -0.25) is 9.59 Å². The highest BCUT2D eigenvalue weighted by Crippen LogP contribution is 2.42. The number of carbonyl (C=O) groups excluding carboxylic acids is 2. The Balaban J connectivity index is 1.44. The summed E-state index contributed by atoms with van der Waals surface area (Å²) in [6.07, 6.45) is 2.53. The molecule has 178 valence electrons. The molecule has 2 heterocycles. The topological polar surface area (TPSA) is 85.2 Å². The average Bonchev–Trinajstić information content (AvgIpc) is 3.00. The number of amides is 2. The number of likely N-dealkylation sites (N-methyl/N-ethyl adjacent to an activating group) is 1. The molecule has 0 unspecified atom stereocenters. The van der Waals surface area contributed by atoms with Crippen LogP contribution in [0.2, 0.25) is 0 Å². The van der Waals surface area contributed by atoms with E-state index in [0.717, 1.165) is 40.8 Å². The minimum atomic E-state index is -0.577. The molecule has 1 saturated heterocycles. The zero-order chi connectivity index (χ0) is 24.6. The summed E-state index contributed by atoms with van der Waals surface area (Å²) in [7, 11) is 1.82. The van der Waals surface area contributed by atoms with Crippen molar-refractivity contribution in [2.75, 3.05) is 11.9 Å². The van der Waals surface area contributed by atoms with Crippen molar-refractivity contribution in [3.63, 3.8) is 0 Å². The minimum absolute atomic E-state index is 0.0954. The minimum Gasteiger partial charge on any atom is -0.339 e. The van der Waals surface area contributed by atoms with Crippen LogP contribution < -0.4 is 15.5 Å². The number of rotatable bonds is 5. The lowest BCUT2D eigenvalue weighted by Gasteiger charge is -2.33. The summed E-state index contributed by atoms with van der Waals surface area (Å²) >= 11 is 0. The number of piperidine rings is 1. The first-order valence-electron chi connectivity index (χ1n) is 12.1. The Hall–Kier alpha value is -3.17. The summed E-state index contributed by atoms with van der Waals surface area (Å²) in [6, 6.07) is 15.9. The van der Waals surface area contributed by atoms with Crippen molar-refractivity contribution in [2.45, 2.75) is 70.5 Å². The van der Waals surface area contributed by atoms with Crippen LogP contribution in [-0.4, -0.2) is 37.0 Å². The first kappa shape index (κ1) is 24.0. The molecule has 2 aromatic rings. The highest BCUT2D eigenvalue weighted by atomic mass is 16.2. The molecule has 4 rings (SSSR count). The molecule has 0 spiro atoms. The van der Waals surface area contributed by atoms with E-state index in [9.17, 15) is 14.9 Å². The van der Waals surface area contributed by atoms with E-state index in [4.69, 9.17) is 0 Å². The quantitative estimate of drug-likeness (QED) is 0.711. The van der Waals surface area contributed by atoms with Crippen LogP contribution in [0.3, 0.4) is 0 Å². The van der Waals surface area contributed by atoms with Crippen LogP contribution in [0.25, 0.3) is 11.1 Å². The lowest BCUT2D eigenvalue weighted by atomic mass is 9.85. The largest absolute Gasteiger partial charge is 0.339 e. The zero-order valence-corrected chi connectivity index (χ0v) is 20.7. The van der Waals surface area contributed by atoms with Crippen molar-refractivity contribution < 1.29 is 9.59 Å². The molecule has 2 aliphatic heterocycles. The van der Waals surface area contributed by atoms with E-state index in [-0.39, 0.29) is 23.8 Å². The second-order valence-corrected chi connectivity index (χ2v) is 10.4. The molecule has 2 amide bonds. The van der Waals surface area contributed by atoms with Gasteiger partial charge in [-0.15, -0.1) is 0 Å². The molecule has 0 radical (unpaired) electrons. The zero-order valence-electron chi connectivity index (χ0n) is 20.7. The maximum atomic E-state index is 12.8. The van der Waals surface area contributed by atoms with Crippen LogP contribution in [0, 0.1) is 17.2 Å². The Labute approximate surface area is 202 Å². The Morgan fingerprint density at radius 3 is 2.53 bits per heavy atom. The van der Waals surface area contributed by atoms with Gasteiger partial charge in [0.1, 0.15) is 6.04 Å². The van der Waals surface area contributed by atoms with Gasteiger partial charge < -0.3 is 15.5 Å². The van der Waals surface area contributed by atoms with Crippen LogP contribution in [0.4, 0.5) is 5.69 Å². The molecule has 0 aromatic heterocycles. The van der Waals surface area contributed by atoms with Crippen molar-refractivity contribution in [2.24, 2.45) is 5.92 Å². The number of carbonyl (C=O) groups is 2. The highest BCUT2D eigenvalue weighted by molar-refractivity contribution is 6.07. The highest BCUT2D eigenvalue weighted by Gasteiger charge is 2.42. The molecule has 4 atom stereocenters. The predicted molar refractivity (Wildman–Crippen MR) is 134 cm³/mol. The first-order valence-corrected chi connectivity index (χ1v) is 12.1. The lowest BCUT2D eigenvalue weighted by Crippen LogP contribution is -2.55. The van der Waals surface area contributed by atoms with E-state index in [1.165, 1.54) is 0 Å². The first-order chi connectivity index (χ1) is 16.1. The fraction of sp³-hybridized carbons (Fsp3) is 0.464. The van der Waals surface area contributed by atoms with Crippen LogP contribution in [0.5, 0.6) is 0 Å². The molecule has 34 heavy (non-hydrogen) atoms. The van der Waals surface area contributed by atoms with E-state index in [0.29, 0.717) is 12.5 Å². The third-order valence-corrected chi connectivity index (χ3v) is 7.44. The summed E-state index contributed by atoms with van der Waals surface area (Å²) in [5.41, 5.74) is 4.56. The van der Waals surface area contributed by atoms with Gasteiger partial charge in [-0.05, 0) is 67.9 Å². The van der Waals surface area contributed by atoms with Crippen molar-refractivity contribution in [1.82, 2.24) is 10.6 Å². The second-order valence-electron chi connectivity index (χ2n) is 10.4. The summed E-state index contributed by atoms with van der Waals surface area (Å²) in [4.78, 5) is 27.1. The molecule has 0 aliphatic carbocycles. The molecule has 2 N–H and O–H groups in total. The van der Waals surface area contributed by atoms with Gasteiger partial charge in [0.05, 0.1) is 17.5 Å². The van der Waals surface area contributed by atoms with Gasteiger partial charge in [-0.1, -0.05) is 43.3 Å². The second kappa shape index (κ2) is 9.23. The summed E-state index contributed by atoms with van der Waals surface area (Å²) < 4.78 is 0. The number of anilines is 1. The number of hydrogen-bond donors (Lipinski definition) is 2. The predicted octanol–water partition coefficient (Wildman–Crippen LogP) is 3.94. The van der Waals surface area contributed by atoms with Crippen molar-refractivity contribution in [3.8, 4) is 17.2 Å². The third-order valence-electron chi connectivity index (χ3n) is 7.44. The van der Waals surface area contributed by atoms with Gasteiger partial charge in [0.25, 0.3) is 0 Å². The summed E-state index contributed by atoms with van der Waals surface area (Å²) in [6.45, 7) is 8.09. The van der Waals surface area contributed by atoms with E-state index in [2.05, 4.69) is 42.7 Å². The van der Waals surface area contributed by atoms with Gasteiger partial charge in [-0.25, -0.2) is 0 Å². The van der Waals surface area contributed by atoms with E-state index >= 15 is 0 Å². The maximum Gasteiger partial charge on any atom is 0.238 e. The SMILES string of the molecule is C[C@@H]1CC[C@H](C)N[C@@H]1C(=O)N[C@H](C#N)Cc1ccc(-c2ccc3c(c2)N(C)C(=O)C3(C)C)cc1. The van der Waals surface area contributed by atoms with Crippen LogP contribution in [0.1, 0.15) is 51.7 Å². The van der Waals surface area contributed by atoms with Crippen LogP contribution in [-0.2, 0) is 21.4 Å². The fourth-order valence-electron chi connectivity index (χ4n) is 5.19. The van der Waals surface area contributed by atoms with Crippen molar-refractivity contribution in [3.05, 3.63) is 53.6 Å². The Morgan fingerprint density at radius 2 is 1.85 bits per heavy atom. The molecule has 0 saturated carbocycles. The fourth-order valence-corrected chi connectivity index (χ4v) is 5.19. The van der Waals surface area contributed by atoms with Crippen LogP contribution in [0.15, 0.2) is 42.5 Å². The molecule has 2 aliphatic rings. The van der Waals surface area contributed by atoms with Crippen LogP contribution >= 0.6 is 0 Å². The van der Waals surface area contributed by atoms with Crippen molar-refractivity contribution in [1.29, 1.82) is 5.26 Å². The van der Waals surface area contributed by atoms with Gasteiger partial charge in [-0.2, -0.15) is 5.26 Å². The molecule has 0 bridgehead atoms. The van der Waals surface area contributed by atoms with E-state index in [1.807, 2.05) is 51.2 Å². The smallest absolute Gasteiger partial charge is 0.238 e. The Morgan fingerprint density at radius 1 is 1.18 bits per heavy atom. The molecule has 1 fully saturated rings. The lowest BCUT2D eigenvalue weighted by molar-refractivity contribution is -0.125. The molecule has 6 heteroatoms. The third kappa shape index (κ3) is 4.45. The van der Waals surface area contributed by atoms with Crippen molar-refractivity contribution >= 4 is 17.5 Å². The standard InChI is InChI=1S/C28H34N4O2/c1-17-6-7-18(2)30-25(17)26(33)31-22(16-29)14-19-8-10-20(11-9-19)21-12-13-23-24(15-21)32(5)27(34)28(23,3)4/h8-13,15,17-18,22,25,30H,6-7,14H2,1-5H3,(H,31,33)/t17-,18+,22+,25+/m1/s1. The van der Waals surface area contributed by atoms with Gasteiger partial charge >= 0.3 is 0 Å². The average molecular weight is 459 g/mol. The molecular formula is C28H34N4O2. The van der Waals surface area contributed by atoms with E-state index in [1.54, 1.807) is 4.90 Å². The number of nitriles is 1. The van der Waals surface area contributed by atoms with Gasteiger partial charge in [0.2, 0.25) is 11.8 Å². The Bertz CT molecular complexity index is 1130. The molecular weight excluding hydrogens is 424 g/mol. The monoisotopic (exact) mass is 458 g/mol. The number of benzene rings is 2. The van der Waals surface area contributed by atoms with E-state index < -0.39 is 11.5 Å². The number of nitrogens with zero attached hydrogens (tertiary/aromatic N) is 2. The molecule has 6 nitrogen and oxygen atoms in total. The number of nitrogens with one attached hydrogen (secondary N) is 2. The number of hydrogen-bond acceptors (Lipinski definition) is 4. The summed E-state index contributed by atoms with van der Waals surface area (Å²) in [5, 5.41) is 15.9. The van der Waals surface area contributed by atoms with Gasteiger partial charge in [0, 0.05) is 25.2 Å². The summed E-state index contributed by atoms with van der Waals surface area (Å²) in [5.74, 6) is 0.260. The Kier molecular flexibility index (Phi) is 6.51. The maximum absolute atomic E-state index is 12.8. The normalized spacial score (nSPS) is 24.3.